The van der Waals surface area contributed by atoms with Crippen LogP contribution in [0, 0.1) is 11.6 Å². The lowest BCUT2D eigenvalue weighted by atomic mass is 9.93. The monoisotopic (exact) mass is 294 g/mol. The molecule has 0 radical (unpaired) electrons. The highest BCUT2D eigenvalue weighted by Gasteiger charge is 2.20. The molecule has 6 heteroatoms. The van der Waals surface area contributed by atoms with Gasteiger partial charge in [0.25, 0.3) is 0 Å². The molecule has 0 fully saturated rings. The molecule has 2 aromatic rings. The van der Waals surface area contributed by atoms with Crippen molar-refractivity contribution in [3.8, 4) is 0 Å². The van der Waals surface area contributed by atoms with Gasteiger partial charge in [0.2, 0.25) is 5.91 Å². The normalized spacial score (nSPS) is 11.5. The van der Waals surface area contributed by atoms with Crippen molar-refractivity contribution in [2.75, 3.05) is 5.32 Å². The highest BCUT2D eigenvalue weighted by atomic mass is 19.1. The van der Waals surface area contributed by atoms with E-state index in [0.29, 0.717) is 5.76 Å². The molecule has 0 unspecified atom stereocenters. The molecule has 21 heavy (non-hydrogen) atoms. The predicted molar refractivity (Wildman–Crippen MR) is 73.9 cm³/mol. The molecule has 1 N–H and O–H groups in total. The third kappa shape index (κ3) is 3.87. The van der Waals surface area contributed by atoms with Gasteiger partial charge in [-0.3, -0.25) is 4.79 Å². The van der Waals surface area contributed by atoms with E-state index < -0.39 is 17.5 Å². The first kappa shape index (κ1) is 15.2. The van der Waals surface area contributed by atoms with Crippen LogP contribution in [0.5, 0.6) is 0 Å². The molecular formula is C15H16F2N2O2. The van der Waals surface area contributed by atoms with Crippen LogP contribution in [0.15, 0.2) is 28.8 Å². The number of halogens is 2. The molecule has 112 valence electrons. The number of nitrogens with one attached hydrogen (secondary N) is 1. The van der Waals surface area contributed by atoms with Crippen LogP contribution >= 0.6 is 0 Å². The summed E-state index contributed by atoms with van der Waals surface area (Å²) in [6.45, 7) is 5.84. The zero-order chi connectivity index (χ0) is 15.6. The van der Waals surface area contributed by atoms with Gasteiger partial charge >= 0.3 is 0 Å². The van der Waals surface area contributed by atoms with E-state index in [1.807, 2.05) is 20.8 Å². The fourth-order valence-electron chi connectivity index (χ4n) is 1.73. The van der Waals surface area contributed by atoms with E-state index >= 15 is 0 Å². The standard InChI is InChI=1S/C15H16F2N2O2/c1-15(2,3)12-8-13(19-21-12)18-14(20)7-9-6-10(16)4-5-11(9)17/h4-6,8H,7H2,1-3H3,(H,18,19,20). The quantitative estimate of drug-likeness (QED) is 0.943. The Morgan fingerprint density at radius 2 is 2.00 bits per heavy atom. The Balaban J connectivity index is 2.05. The van der Waals surface area contributed by atoms with Gasteiger partial charge in [0.15, 0.2) is 5.82 Å². The number of carbonyl (C=O) groups excluding carboxylic acids is 1. The zero-order valence-corrected chi connectivity index (χ0v) is 12.0. The first-order valence-electron chi connectivity index (χ1n) is 6.46. The summed E-state index contributed by atoms with van der Waals surface area (Å²) in [5.41, 5.74) is -0.239. The second kappa shape index (κ2) is 5.63. The van der Waals surface area contributed by atoms with Gasteiger partial charge in [-0.15, -0.1) is 0 Å². The summed E-state index contributed by atoms with van der Waals surface area (Å²) in [5.74, 6) is -0.831. The SMILES string of the molecule is CC(C)(C)c1cc(NC(=O)Cc2cc(F)ccc2F)no1. The smallest absolute Gasteiger partial charge is 0.230 e. The molecular weight excluding hydrogens is 278 g/mol. The average Bonchev–Trinajstić information content (AvgIpc) is 2.82. The molecule has 4 nitrogen and oxygen atoms in total. The number of nitrogens with zero attached hydrogens (tertiary/aromatic N) is 1. The number of benzene rings is 1. The van der Waals surface area contributed by atoms with Crippen LogP contribution in [0.2, 0.25) is 0 Å². The van der Waals surface area contributed by atoms with E-state index in [2.05, 4.69) is 10.5 Å². The Morgan fingerprint density at radius 1 is 1.29 bits per heavy atom. The minimum Gasteiger partial charge on any atom is -0.359 e. The lowest BCUT2D eigenvalue weighted by molar-refractivity contribution is -0.115. The van der Waals surface area contributed by atoms with Gasteiger partial charge < -0.3 is 9.84 Å². The number of hydrogen-bond donors (Lipinski definition) is 1. The first-order valence-corrected chi connectivity index (χ1v) is 6.46. The number of anilines is 1. The first-order chi connectivity index (χ1) is 9.75. The summed E-state index contributed by atoms with van der Waals surface area (Å²) in [4.78, 5) is 11.8. The van der Waals surface area contributed by atoms with Crippen molar-refractivity contribution in [1.29, 1.82) is 0 Å². The molecule has 0 aliphatic rings. The van der Waals surface area contributed by atoms with Gasteiger partial charge in [-0.2, -0.15) is 0 Å². The van der Waals surface area contributed by atoms with Gasteiger partial charge in [-0.05, 0) is 18.2 Å². The van der Waals surface area contributed by atoms with Crippen LogP contribution in [0.1, 0.15) is 32.1 Å². The molecule has 1 aromatic heterocycles. The van der Waals surface area contributed by atoms with Crippen LogP contribution in [0.25, 0.3) is 0 Å². The second-order valence-corrected chi connectivity index (χ2v) is 5.79. The fourth-order valence-corrected chi connectivity index (χ4v) is 1.73. The molecule has 1 amide bonds. The van der Waals surface area contributed by atoms with Crippen molar-refractivity contribution in [1.82, 2.24) is 5.16 Å². The Labute approximate surface area is 121 Å². The number of rotatable bonds is 3. The zero-order valence-electron chi connectivity index (χ0n) is 12.0. The van der Waals surface area contributed by atoms with Crippen LogP contribution in [-0.2, 0) is 16.6 Å². The maximum atomic E-state index is 13.4. The third-order valence-electron chi connectivity index (χ3n) is 2.88. The van der Waals surface area contributed by atoms with Crippen molar-refractivity contribution < 1.29 is 18.1 Å². The maximum absolute atomic E-state index is 13.4. The topological polar surface area (TPSA) is 55.1 Å². The van der Waals surface area contributed by atoms with Crippen molar-refractivity contribution >= 4 is 11.7 Å². The van der Waals surface area contributed by atoms with Crippen LogP contribution < -0.4 is 5.32 Å². The minimum atomic E-state index is -0.623. The molecule has 0 bridgehead atoms. The van der Waals surface area contributed by atoms with E-state index in [4.69, 9.17) is 4.52 Å². The van der Waals surface area contributed by atoms with Crippen molar-refractivity contribution in [2.45, 2.75) is 32.6 Å². The van der Waals surface area contributed by atoms with E-state index in [0.717, 1.165) is 18.2 Å². The molecule has 0 aliphatic heterocycles. The summed E-state index contributed by atoms with van der Waals surface area (Å²) < 4.78 is 31.6. The summed E-state index contributed by atoms with van der Waals surface area (Å²) >= 11 is 0. The van der Waals surface area contributed by atoms with E-state index in [-0.39, 0.29) is 23.2 Å². The van der Waals surface area contributed by atoms with E-state index in [1.165, 1.54) is 0 Å². The lowest BCUT2D eigenvalue weighted by Crippen LogP contribution is -2.15. The molecule has 0 saturated heterocycles. The number of aromatic nitrogens is 1. The van der Waals surface area contributed by atoms with Crippen LogP contribution in [0.3, 0.4) is 0 Å². The summed E-state index contributed by atoms with van der Waals surface area (Å²) in [6, 6.07) is 4.61. The summed E-state index contributed by atoms with van der Waals surface area (Å²) in [7, 11) is 0. The summed E-state index contributed by atoms with van der Waals surface area (Å²) in [5, 5.41) is 6.23. The van der Waals surface area contributed by atoms with Crippen LogP contribution in [-0.4, -0.2) is 11.1 Å². The highest BCUT2D eigenvalue weighted by Crippen LogP contribution is 2.24. The Hall–Kier alpha value is -2.24. The summed E-state index contributed by atoms with van der Waals surface area (Å²) in [6.07, 6.45) is -0.276. The second-order valence-electron chi connectivity index (χ2n) is 5.79. The minimum absolute atomic E-state index is 0.00737. The molecule has 2 rings (SSSR count). The molecule has 0 atom stereocenters. The molecule has 0 saturated carbocycles. The average molecular weight is 294 g/mol. The lowest BCUT2D eigenvalue weighted by Gasteiger charge is -2.12. The van der Waals surface area contributed by atoms with Crippen LogP contribution in [0.4, 0.5) is 14.6 Å². The number of amides is 1. The van der Waals surface area contributed by atoms with Gasteiger partial charge in [0.05, 0.1) is 6.42 Å². The largest absolute Gasteiger partial charge is 0.359 e. The Morgan fingerprint density at radius 3 is 2.62 bits per heavy atom. The molecule has 1 heterocycles. The van der Waals surface area contributed by atoms with Crippen molar-refractivity contribution in [3.63, 3.8) is 0 Å². The fraction of sp³-hybridized carbons (Fsp3) is 0.333. The Bertz CT molecular complexity index is 660. The Kier molecular flexibility index (Phi) is 4.06. The number of hydrogen-bond acceptors (Lipinski definition) is 3. The van der Waals surface area contributed by atoms with E-state index in [9.17, 15) is 13.6 Å². The predicted octanol–water partition coefficient (Wildman–Crippen LogP) is 3.43. The van der Waals surface area contributed by atoms with Gasteiger partial charge in [0.1, 0.15) is 17.4 Å². The maximum Gasteiger partial charge on any atom is 0.230 e. The van der Waals surface area contributed by atoms with Gasteiger partial charge in [-0.25, -0.2) is 8.78 Å². The van der Waals surface area contributed by atoms with Crippen molar-refractivity contribution in [2.24, 2.45) is 0 Å². The van der Waals surface area contributed by atoms with E-state index in [1.54, 1.807) is 6.07 Å². The highest BCUT2D eigenvalue weighted by molar-refractivity contribution is 5.91. The number of carbonyl (C=O) groups is 1. The molecule has 0 aliphatic carbocycles. The van der Waals surface area contributed by atoms with Gasteiger partial charge in [0, 0.05) is 17.0 Å². The molecule has 0 spiro atoms. The molecule has 1 aromatic carbocycles. The van der Waals surface area contributed by atoms with Crippen molar-refractivity contribution in [3.05, 3.63) is 47.2 Å². The third-order valence-corrected chi connectivity index (χ3v) is 2.88. The van der Waals surface area contributed by atoms with Gasteiger partial charge in [-0.1, -0.05) is 25.9 Å².